The molecule has 2 nitrogen and oxygen atoms in total. The summed E-state index contributed by atoms with van der Waals surface area (Å²) in [4.78, 5) is 0. The highest BCUT2D eigenvalue weighted by molar-refractivity contribution is 9.10. The summed E-state index contributed by atoms with van der Waals surface area (Å²) in [5.74, 6) is 0. The van der Waals surface area contributed by atoms with Crippen LogP contribution < -0.4 is 5.73 Å². The van der Waals surface area contributed by atoms with Gasteiger partial charge in [-0.2, -0.15) is 13.2 Å². The van der Waals surface area contributed by atoms with Crippen LogP contribution in [0.3, 0.4) is 0 Å². The number of halogens is 4. The normalized spacial score (nSPS) is 12.4. The van der Waals surface area contributed by atoms with Crippen LogP contribution in [0.15, 0.2) is 22.7 Å². The maximum absolute atomic E-state index is 12.9. The zero-order valence-electron chi connectivity index (χ0n) is 8.98. The third-order valence-corrected chi connectivity index (χ3v) is 3.23. The molecule has 1 aromatic heterocycles. The molecule has 2 aromatic rings. The van der Waals surface area contributed by atoms with E-state index < -0.39 is 11.9 Å². The minimum atomic E-state index is -4.39. The van der Waals surface area contributed by atoms with Crippen LogP contribution in [0.4, 0.5) is 13.2 Å². The van der Waals surface area contributed by atoms with E-state index >= 15 is 0 Å². The Morgan fingerprint density at radius 2 is 2.00 bits per heavy atom. The van der Waals surface area contributed by atoms with Gasteiger partial charge in [0.1, 0.15) is 5.69 Å². The first-order chi connectivity index (χ1) is 7.86. The van der Waals surface area contributed by atoms with Gasteiger partial charge in [0.05, 0.1) is 0 Å². The summed E-state index contributed by atoms with van der Waals surface area (Å²) in [5, 5.41) is 0.547. The van der Waals surface area contributed by atoms with Crippen LogP contribution in [0.2, 0.25) is 0 Å². The van der Waals surface area contributed by atoms with Crippen LogP contribution in [0, 0.1) is 0 Å². The topological polar surface area (TPSA) is 30.9 Å². The highest BCUT2D eigenvalue weighted by atomic mass is 79.9. The van der Waals surface area contributed by atoms with Gasteiger partial charge >= 0.3 is 6.18 Å². The van der Waals surface area contributed by atoms with E-state index in [1.165, 1.54) is 7.05 Å². The molecule has 0 amide bonds. The van der Waals surface area contributed by atoms with E-state index in [0.29, 0.717) is 10.9 Å². The van der Waals surface area contributed by atoms with Gasteiger partial charge in [-0.25, -0.2) is 0 Å². The Labute approximate surface area is 104 Å². The van der Waals surface area contributed by atoms with Gasteiger partial charge in [0, 0.05) is 34.5 Å². The molecule has 17 heavy (non-hydrogen) atoms. The molecule has 6 heteroatoms. The van der Waals surface area contributed by atoms with Gasteiger partial charge < -0.3 is 10.3 Å². The Morgan fingerprint density at radius 3 is 2.53 bits per heavy atom. The first kappa shape index (κ1) is 12.4. The molecule has 0 radical (unpaired) electrons. The maximum Gasteiger partial charge on any atom is 0.431 e. The average molecular weight is 307 g/mol. The van der Waals surface area contributed by atoms with Crippen molar-refractivity contribution in [3.05, 3.63) is 33.9 Å². The van der Waals surface area contributed by atoms with Crippen molar-refractivity contribution in [3.8, 4) is 0 Å². The first-order valence-electron chi connectivity index (χ1n) is 4.90. The van der Waals surface area contributed by atoms with Gasteiger partial charge in [-0.1, -0.05) is 22.0 Å². The Bertz CT molecular complexity index is 572. The number of hydrogen-bond acceptors (Lipinski definition) is 1. The third-order valence-electron chi connectivity index (χ3n) is 2.74. The predicted molar refractivity (Wildman–Crippen MR) is 63.5 cm³/mol. The van der Waals surface area contributed by atoms with Crippen LogP contribution in [0.1, 0.15) is 11.3 Å². The Hall–Kier alpha value is -1.01. The number of alkyl halides is 3. The van der Waals surface area contributed by atoms with Crippen molar-refractivity contribution in [3.63, 3.8) is 0 Å². The number of nitrogens with two attached hydrogens (primary N) is 1. The van der Waals surface area contributed by atoms with Crippen molar-refractivity contribution in [2.45, 2.75) is 12.7 Å². The van der Waals surface area contributed by atoms with Crippen molar-refractivity contribution >= 4 is 26.8 Å². The summed E-state index contributed by atoms with van der Waals surface area (Å²) in [7, 11) is 1.40. The fourth-order valence-corrected chi connectivity index (χ4v) is 2.40. The van der Waals surface area contributed by atoms with Crippen molar-refractivity contribution in [1.82, 2.24) is 4.57 Å². The van der Waals surface area contributed by atoms with E-state index in [1.54, 1.807) is 18.2 Å². The van der Waals surface area contributed by atoms with Gasteiger partial charge in [0.25, 0.3) is 0 Å². The van der Waals surface area contributed by atoms with Crippen molar-refractivity contribution in [2.75, 3.05) is 0 Å². The molecule has 92 valence electrons. The number of nitrogens with zero attached hydrogens (tertiary/aromatic N) is 1. The quantitative estimate of drug-likeness (QED) is 0.860. The van der Waals surface area contributed by atoms with E-state index in [1.807, 2.05) is 0 Å². The third kappa shape index (κ3) is 1.95. The monoisotopic (exact) mass is 306 g/mol. The lowest BCUT2D eigenvalue weighted by Crippen LogP contribution is -2.15. The number of fused-ring (bicyclic) bond motifs is 1. The van der Waals surface area contributed by atoms with Crippen molar-refractivity contribution < 1.29 is 13.2 Å². The van der Waals surface area contributed by atoms with Gasteiger partial charge in [-0.05, 0) is 12.1 Å². The van der Waals surface area contributed by atoms with Crippen LogP contribution in [-0.2, 0) is 19.8 Å². The van der Waals surface area contributed by atoms with E-state index in [-0.39, 0.29) is 12.1 Å². The molecule has 0 aliphatic rings. The van der Waals surface area contributed by atoms with Gasteiger partial charge in [-0.3, -0.25) is 0 Å². The molecule has 0 unspecified atom stereocenters. The second-order valence-electron chi connectivity index (χ2n) is 3.75. The van der Waals surface area contributed by atoms with Crippen LogP contribution in [0.5, 0.6) is 0 Å². The van der Waals surface area contributed by atoms with Crippen LogP contribution in [0.25, 0.3) is 10.9 Å². The highest BCUT2D eigenvalue weighted by Gasteiger charge is 2.37. The molecule has 1 aromatic carbocycles. The molecule has 0 saturated carbocycles. The smallest absolute Gasteiger partial charge is 0.340 e. The van der Waals surface area contributed by atoms with Gasteiger partial charge in [0.2, 0.25) is 0 Å². The lowest BCUT2D eigenvalue weighted by Gasteiger charge is -2.10. The second kappa shape index (κ2) is 4.03. The number of rotatable bonds is 1. The zero-order chi connectivity index (χ0) is 12.8. The van der Waals surface area contributed by atoms with E-state index in [2.05, 4.69) is 15.9 Å². The molecule has 0 bridgehead atoms. The lowest BCUT2D eigenvalue weighted by molar-refractivity contribution is -0.143. The first-order valence-corrected chi connectivity index (χ1v) is 5.69. The fraction of sp³-hybridized carbons (Fsp3) is 0.273. The summed E-state index contributed by atoms with van der Waals surface area (Å²) in [5.41, 5.74) is 5.43. The predicted octanol–water partition coefficient (Wildman–Crippen LogP) is 3.42. The van der Waals surface area contributed by atoms with Crippen LogP contribution >= 0.6 is 15.9 Å². The second-order valence-corrected chi connectivity index (χ2v) is 4.67. The Balaban J connectivity index is 2.88. The maximum atomic E-state index is 12.9. The summed E-state index contributed by atoms with van der Waals surface area (Å²) in [6, 6.07) is 5.02. The largest absolute Gasteiger partial charge is 0.431 e. The SMILES string of the molecule is Cn1c(C(F)(F)F)c(CN)c2ccc(Br)cc21. The molecular weight excluding hydrogens is 297 g/mol. The van der Waals surface area contributed by atoms with Crippen molar-refractivity contribution in [2.24, 2.45) is 12.8 Å². The molecule has 0 aliphatic heterocycles. The minimum Gasteiger partial charge on any atom is -0.340 e. The number of aromatic nitrogens is 1. The molecule has 0 atom stereocenters. The highest BCUT2D eigenvalue weighted by Crippen LogP contribution is 2.37. The number of hydrogen-bond donors (Lipinski definition) is 1. The molecule has 0 saturated heterocycles. The minimum absolute atomic E-state index is 0.131. The molecule has 2 rings (SSSR count). The molecule has 1 heterocycles. The fourth-order valence-electron chi connectivity index (χ4n) is 2.06. The molecule has 0 spiro atoms. The van der Waals surface area contributed by atoms with Crippen molar-refractivity contribution in [1.29, 1.82) is 0 Å². The molecule has 0 fully saturated rings. The zero-order valence-corrected chi connectivity index (χ0v) is 10.6. The summed E-state index contributed by atoms with van der Waals surface area (Å²) < 4.78 is 40.7. The van der Waals surface area contributed by atoms with Gasteiger partial charge in [0.15, 0.2) is 0 Å². The van der Waals surface area contributed by atoms with E-state index in [0.717, 1.165) is 9.04 Å². The van der Waals surface area contributed by atoms with E-state index in [4.69, 9.17) is 5.73 Å². The number of aryl methyl sites for hydroxylation is 1. The summed E-state index contributed by atoms with van der Waals surface area (Å²) >= 11 is 3.25. The average Bonchev–Trinajstić information content (AvgIpc) is 2.51. The molecule has 2 N–H and O–H groups in total. The lowest BCUT2D eigenvalue weighted by atomic mass is 10.1. The number of benzene rings is 1. The summed E-state index contributed by atoms with van der Waals surface area (Å²) in [6.45, 7) is -0.131. The van der Waals surface area contributed by atoms with E-state index in [9.17, 15) is 13.2 Å². The Kier molecular flexibility index (Phi) is 2.95. The standard InChI is InChI=1S/C11H10BrF3N2/c1-17-9-4-6(12)2-3-7(9)8(5-16)10(17)11(13,14)15/h2-4H,5,16H2,1H3. The molecular formula is C11H10BrF3N2. The molecule has 0 aliphatic carbocycles. The van der Waals surface area contributed by atoms with Crippen LogP contribution in [-0.4, -0.2) is 4.57 Å². The summed E-state index contributed by atoms with van der Waals surface area (Å²) in [6.07, 6.45) is -4.39. The Morgan fingerprint density at radius 1 is 1.35 bits per heavy atom. The van der Waals surface area contributed by atoms with Gasteiger partial charge in [-0.15, -0.1) is 0 Å².